The van der Waals surface area contributed by atoms with Gasteiger partial charge in [-0.2, -0.15) is 0 Å². The van der Waals surface area contributed by atoms with E-state index in [1.165, 1.54) is 27.8 Å². The third-order valence-corrected chi connectivity index (χ3v) is 6.06. The van der Waals surface area contributed by atoms with Crippen LogP contribution in [0.2, 0.25) is 0 Å². The Morgan fingerprint density at radius 1 is 1.09 bits per heavy atom. The number of ether oxygens (including phenoxy) is 1. The van der Waals surface area contributed by atoms with Crippen molar-refractivity contribution in [2.45, 2.75) is 45.9 Å². The van der Waals surface area contributed by atoms with Crippen LogP contribution >= 0.6 is 0 Å². The summed E-state index contributed by atoms with van der Waals surface area (Å²) in [6, 6.07) is 25.9. The third-order valence-electron chi connectivity index (χ3n) is 6.06. The van der Waals surface area contributed by atoms with Gasteiger partial charge in [-0.05, 0) is 61.6 Å². The average molecular weight is 429 g/mol. The maximum Gasteiger partial charge on any atom is 0.260 e. The van der Waals surface area contributed by atoms with E-state index >= 15 is 0 Å². The largest absolute Gasteiger partial charge is 0.481 e. The predicted octanol–water partition coefficient (Wildman–Crippen LogP) is 5.05. The van der Waals surface area contributed by atoms with E-state index in [2.05, 4.69) is 83.9 Å². The summed E-state index contributed by atoms with van der Waals surface area (Å²) in [6.45, 7) is 8.33. The van der Waals surface area contributed by atoms with Crippen molar-refractivity contribution in [2.24, 2.45) is 0 Å². The van der Waals surface area contributed by atoms with Crippen LogP contribution in [0.25, 0.3) is 0 Å². The van der Waals surface area contributed by atoms with Crippen LogP contribution in [0.15, 0.2) is 72.8 Å². The van der Waals surface area contributed by atoms with Gasteiger partial charge in [-0.15, -0.1) is 0 Å². The molecule has 1 aliphatic rings. The molecule has 0 aliphatic carbocycles. The Kier molecular flexibility index (Phi) is 6.91. The molecule has 2 atom stereocenters. The zero-order valence-corrected chi connectivity index (χ0v) is 19.2. The number of benzene rings is 3. The SMILES string of the molecule is CCNC(=O)[C@H](C)Oc1ccc2c(c1)[C@H](c1ccccc1)N(Cc1cccc(C)c1)CC2. The quantitative estimate of drug-likeness (QED) is 0.573. The van der Waals surface area contributed by atoms with Gasteiger partial charge in [0.2, 0.25) is 0 Å². The molecular weight excluding hydrogens is 396 g/mol. The zero-order chi connectivity index (χ0) is 22.5. The molecule has 3 aromatic carbocycles. The van der Waals surface area contributed by atoms with Gasteiger partial charge in [0, 0.05) is 19.6 Å². The fourth-order valence-corrected chi connectivity index (χ4v) is 4.54. The van der Waals surface area contributed by atoms with E-state index in [1.54, 1.807) is 6.92 Å². The maximum atomic E-state index is 12.2. The number of nitrogens with one attached hydrogen (secondary N) is 1. The molecule has 1 N–H and O–H groups in total. The highest BCUT2D eigenvalue weighted by atomic mass is 16.5. The lowest BCUT2D eigenvalue weighted by atomic mass is 9.87. The molecule has 1 aliphatic heterocycles. The van der Waals surface area contributed by atoms with Crippen molar-refractivity contribution in [3.05, 3.63) is 101 Å². The normalized spacial score (nSPS) is 16.8. The summed E-state index contributed by atoms with van der Waals surface area (Å²) in [7, 11) is 0. The van der Waals surface area contributed by atoms with E-state index in [0.29, 0.717) is 6.54 Å². The van der Waals surface area contributed by atoms with Crippen molar-refractivity contribution >= 4 is 5.91 Å². The average Bonchev–Trinajstić information content (AvgIpc) is 2.79. The molecule has 1 heterocycles. The molecule has 4 nitrogen and oxygen atoms in total. The predicted molar refractivity (Wildman–Crippen MR) is 129 cm³/mol. The number of rotatable bonds is 7. The monoisotopic (exact) mass is 428 g/mol. The Morgan fingerprint density at radius 3 is 2.66 bits per heavy atom. The van der Waals surface area contributed by atoms with E-state index < -0.39 is 6.10 Å². The molecule has 32 heavy (non-hydrogen) atoms. The third kappa shape index (κ3) is 5.03. The van der Waals surface area contributed by atoms with E-state index in [9.17, 15) is 4.79 Å². The van der Waals surface area contributed by atoms with Crippen molar-refractivity contribution in [1.29, 1.82) is 0 Å². The highest BCUT2D eigenvalue weighted by molar-refractivity contribution is 5.80. The number of fused-ring (bicyclic) bond motifs is 1. The van der Waals surface area contributed by atoms with Gasteiger partial charge < -0.3 is 10.1 Å². The molecule has 0 radical (unpaired) electrons. The molecule has 0 fully saturated rings. The second-order valence-electron chi connectivity index (χ2n) is 8.54. The van der Waals surface area contributed by atoms with Crippen molar-refractivity contribution in [2.75, 3.05) is 13.1 Å². The van der Waals surface area contributed by atoms with Crippen LogP contribution in [0, 0.1) is 6.92 Å². The molecule has 4 rings (SSSR count). The zero-order valence-electron chi connectivity index (χ0n) is 19.2. The minimum absolute atomic E-state index is 0.0918. The molecule has 0 spiro atoms. The summed E-state index contributed by atoms with van der Waals surface area (Å²) >= 11 is 0. The number of amides is 1. The van der Waals surface area contributed by atoms with Crippen molar-refractivity contribution in [3.63, 3.8) is 0 Å². The first-order chi connectivity index (χ1) is 15.5. The van der Waals surface area contributed by atoms with Gasteiger partial charge >= 0.3 is 0 Å². The first kappa shape index (κ1) is 22.1. The molecule has 0 bridgehead atoms. The number of aryl methyl sites for hydroxylation is 1. The minimum Gasteiger partial charge on any atom is -0.481 e. The second-order valence-corrected chi connectivity index (χ2v) is 8.54. The standard InChI is InChI=1S/C28H32N2O2/c1-4-29-28(31)21(3)32-25-14-13-23-15-16-30(19-22-10-8-9-20(2)17-22)27(26(23)18-25)24-11-6-5-7-12-24/h5-14,17-18,21,27H,4,15-16,19H2,1-3H3,(H,29,31)/t21-,27-/m0/s1. The molecule has 1 amide bonds. The van der Waals surface area contributed by atoms with Gasteiger partial charge in [0.1, 0.15) is 5.75 Å². The van der Waals surface area contributed by atoms with Gasteiger partial charge in [0.25, 0.3) is 5.91 Å². The van der Waals surface area contributed by atoms with Crippen LogP contribution in [-0.2, 0) is 17.8 Å². The molecule has 3 aromatic rings. The van der Waals surface area contributed by atoms with Gasteiger partial charge in [0.05, 0.1) is 6.04 Å². The Labute approximate surface area is 191 Å². The highest BCUT2D eigenvalue weighted by Crippen LogP contribution is 2.38. The number of likely N-dealkylation sites (N-methyl/N-ethyl adjacent to an activating group) is 1. The molecule has 4 heteroatoms. The van der Waals surface area contributed by atoms with Crippen LogP contribution in [0.5, 0.6) is 5.75 Å². The van der Waals surface area contributed by atoms with Gasteiger partial charge in [0.15, 0.2) is 6.10 Å². The summed E-state index contributed by atoms with van der Waals surface area (Å²) in [4.78, 5) is 14.7. The fourth-order valence-electron chi connectivity index (χ4n) is 4.54. The van der Waals surface area contributed by atoms with E-state index in [-0.39, 0.29) is 11.9 Å². The topological polar surface area (TPSA) is 41.6 Å². The molecule has 0 saturated heterocycles. The lowest BCUT2D eigenvalue weighted by Gasteiger charge is -2.38. The Morgan fingerprint density at radius 2 is 1.91 bits per heavy atom. The van der Waals surface area contributed by atoms with Gasteiger partial charge in [-0.3, -0.25) is 9.69 Å². The Balaban J connectivity index is 1.67. The fraction of sp³-hybridized carbons (Fsp3) is 0.321. The lowest BCUT2D eigenvalue weighted by Crippen LogP contribution is -2.37. The lowest BCUT2D eigenvalue weighted by molar-refractivity contribution is -0.127. The Hall–Kier alpha value is -3.11. The maximum absolute atomic E-state index is 12.2. The van der Waals surface area contributed by atoms with Crippen LogP contribution in [0.3, 0.4) is 0 Å². The second kappa shape index (κ2) is 10.0. The number of hydrogen-bond acceptors (Lipinski definition) is 3. The molecule has 0 unspecified atom stereocenters. The van der Waals surface area contributed by atoms with Crippen LogP contribution in [-0.4, -0.2) is 30.0 Å². The number of hydrogen-bond donors (Lipinski definition) is 1. The number of carbonyl (C=O) groups is 1. The molecule has 0 saturated carbocycles. The van der Waals surface area contributed by atoms with Crippen LogP contribution in [0.1, 0.15) is 47.7 Å². The minimum atomic E-state index is -0.532. The number of nitrogens with zero attached hydrogens (tertiary/aromatic N) is 1. The Bertz CT molecular complexity index is 1060. The van der Waals surface area contributed by atoms with Crippen molar-refractivity contribution in [1.82, 2.24) is 10.2 Å². The van der Waals surface area contributed by atoms with E-state index in [1.807, 2.05) is 13.0 Å². The van der Waals surface area contributed by atoms with Gasteiger partial charge in [-0.25, -0.2) is 0 Å². The van der Waals surface area contributed by atoms with Crippen LogP contribution < -0.4 is 10.1 Å². The van der Waals surface area contributed by atoms with Crippen LogP contribution in [0.4, 0.5) is 0 Å². The van der Waals surface area contributed by atoms with Crippen molar-refractivity contribution in [3.8, 4) is 5.75 Å². The first-order valence-electron chi connectivity index (χ1n) is 11.5. The molecule has 0 aromatic heterocycles. The first-order valence-corrected chi connectivity index (χ1v) is 11.5. The summed E-state index contributed by atoms with van der Waals surface area (Å²) in [6.07, 6.45) is 0.464. The summed E-state index contributed by atoms with van der Waals surface area (Å²) in [5, 5.41) is 2.83. The smallest absolute Gasteiger partial charge is 0.260 e. The summed E-state index contributed by atoms with van der Waals surface area (Å²) in [5.41, 5.74) is 6.49. The molecular formula is C28H32N2O2. The van der Waals surface area contributed by atoms with E-state index in [4.69, 9.17) is 4.74 Å². The summed E-state index contributed by atoms with van der Waals surface area (Å²) in [5.74, 6) is 0.645. The van der Waals surface area contributed by atoms with Crippen molar-refractivity contribution < 1.29 is 9.53 Å². The van der Waals surface area contributed by atoms with Gasteiger partial charge in [-0.1, -0.05) is 66.2 Å². The number of carbonyl (C=O) groups excluding carboxylic acids is 1. The summed E-state index contributed by atoms with van der Waals surface area (Å²) < 4.78 is 6.02. The van der Waals surface area contributed by atoms with E-state index in [0.717, 1.165) is 25.3 Å². The highest BCUT2D eigenvalue weighted by Gasteiger charge is 2.29. The molecule has 166 valence electrons.